The predicted molar refractivity (Wildman–Crippen MR) is 127 cm³/mol. The standard InChI is InChI=1S/C24H20N4O4S/c1-31-22(29)18-7-4-6-14-28(21(18)23(30)32-2)17-11-9-16(10-12-17)26-24-27-20(15-33-24)19-8-3-5-13-25-19/h3-15H,1-2H3,(H,26,27). The summed E-state index contributed by atoms with van der Waals surface area (Å²) in [6, 6.07) is 13.1. The lowest BCUT2D eigenvalue weighted by atomic mass is 10.1. The van der Waals surface area contributed by atoms with Gasteiger partial charge in [0.1, 0.15) is 11.4 Å². The molecule has 2 aromatic heterocycles. The molecule has 33 heavy (non-hydrogen) atoms. The molecule has 1 aliphatic heterocycles. The van der Waals surface area contributed by atoms with Crippen molar-refractivity contribution in [3.05, 3.63) is 89.7 Å². The van der Waals surface area contributed by atoms with Crippen LogP contribution in [0.25, 0.3) is 11.4 Å². The molecule has 8 nitrogen and oxygen atoms in total. The number of pyridine rings is 1. The zero-order chi connectivity index (χ0) is 23.2. The van der Waals surface area contributed by atoms with Gasteiger partial charge in [0.2, 0.25) is 0 Å². The van der Waals surface area contributed by atoms with Crippen molar-refractivity contribution in [1.29, 1.82) is 0 Å². The summed E-state index contributed by atoms with van der Waals surface area (Å²) >= 11 is 1.48. The van der Waals surface area contributed by atoms with Gasteiger partial charge in [0.25, 0.3) is 0 Å². The quantitative estimate of drug-likeness (QED) is 0.540. The van der Waals surface area contributed by atoms with Crippen molar-refractivity contribution in [2.24, 2.45) is 0 Å². The Morgan fingerprint density at radius 3 is 2.45 bits per heavy atom. The van der Waals surface area contributed by atoms with E-state index in [1.807, 2.05) is 47.8 Å². The minimum absolute atomic E-state index is 0.0648. The molecule has 0 fully saturated rings. The minimum atomic E-state index is -0.654. The molecule has 3 aromatic rings. The second-order valence-corrected chi connectivity index (χ2v) is 7.60. The van der Waals surface area contributed by atoms with Crippen molar-refractivity contribution in [3.8, 4) is 11.4 Å². The third kappa shape index (κ3) is 4.83. The van der Waals surface area contributed by atoms with Crippen LogP contribution in [0, 0.1) is 0 Å². The molecule has 0 bridgehead atoms. The van der Waals surface area contributed by atoms with E-state index in [1.54, 1.807) is 29.4 Å². The number of ether oxygens (including phenoxy) is 2. The van der Waals surface area contributed by atoms with E-state index >= 15 is 0 Å². The Labute approximate surface area is 194 Å². The lowest BCUT2D eigenvalue weighted by Crippen LogP contribution is -2.26. The summed E-state index contributed by atoms with van der Waals surface area (Å²) in [7, 11) is 2.53. The molecule has 166 valence electrons. The Morgan fingerprint density at radius 1 is 0.970 bits per heavy atom. The van der Waals surface area contributed by atoms with Crippen molar-refractivity contribution >= 4 is 39.8 Å². The highest BCUT2D eigenvalue weighted by molar-refractivity contribution is 7.14. The lowest BCUT2D eigenvalue weighted by Gasteiger charge is -2.23. The number of hydrogen-bond donors (Lipinski definition) is 1. The first-order valence-corrected chi connectivity index (χ1v) is 10.8. The minimum Gasteiger partial charge on any atom is -0.465 e. The first kappa shape index (κ1) is 22.0. The molecule has 1 aliphatic rings. The summed E-state index contributed by atoms with van der Waals surface area (Å²) in [6.07, 6.45) is 8.32. The van der Waals surface area contributed by atoms with E-state index in [9.17, 15) is 9.59 Å². The maximum atomic E-state index is 12.5. The van der Waals surface area contributed by atoms with Crippen molar-refractivity contribution in [2.75, 3.05) is 24.4 Å². The number of aromatic nitrogens is 2. The number of esters is 2. The second-order valence-electron chi connectivity index (χ2n) is 6.74. The summed E-state index contributed by atoms with van der Waals surface area (Å²) in [5, 5.41) is 5.94. The van der Waals surface area contributed by atoms with Crippen LogP contribution in [0.4, 0.5) is 16.5 Å². The average Bonchev–Trinajstić information content (AvgIpc) is 3.21. The Kier molecular flexibility index (Phi) is 6.61. The molecule has 1 N–H and O–H groups in total. The molecule has 0 spiro atoms. The van der Waals surface area contributed by atoms with Gasteiger partial charge in [0.05, 0.1) is 25.5 Å². The number of hydrogen-bond acceptors (Lipinski definition) is 9. The molecule has 0 saturated heterocycles. The predicted octanol–water partition coefficient (Wildman–Crippen LogP) is 4.44. The Hall–Kier alpha value is -4.24. The highest BCUT2D eigenvalue weighted by Gasteiger charge is 2.27. The van der Waals surface area contributed by atoms with Crippen LogP contribution >= 0.6 is 11.3 Å². The van der Waals surface area contributed by atoms with Gasteiger partial charge < -0.3 is 19.7 Å². The lowest BCUT2D eigenvalue weighted by molar-refractivity contribution is -0.139. The van der Waals surface area contributed by atoms with E-state index in [1.165, 1.54) is 31.6 Å². The maximum Gasteiger partial charge on any atom is 0.355 e. The van der Waals surface area contributed by atoms with E-state index < -0.39 is 11.9 Å². The average molecular weight is 461 g/mol. The third-order valence-electron chi connectivity index (χ3n) is 4.72. The topological polar surface area (TPSA) is 93.7 Å². The van der Waals surface area contributed by atoms with Gasteiger partial charge in [-0.25, -0.2) is 14.6 Å². The molecule has 0 atom stereocenters. The number of benzene rings is 1. The van der Waals surface area contributed by atoms with Gasteiger partial charge in [-0.1, -0.05) is 12.1 Å². The molecule has 3 heterocycles. The first-order valence-electron chi connectivity index (χ1n) is 9.89. The monoisotopic (exact) mass is 460 g/mol. The summed E-state index contributed by atoms with van der Waals surface area (Å²) < 4.78 is 9.77. The van der Waals surface area contributed by atoms with Crippen molar-refractivity contribution in [1.82, 2.24) is 9.97 Å². The number of carbonyl (C=O) groups excluding carboxylic acids is 2. The van der Waals surface area contributed by atoms with Crippen LogP contribution in [-0.4, -0.2) is 36.1 Å². The molecule has 0 aliphatic carbocycles. The summed E-state index contributed by atoms with van der Waals surface area (Å²) in [5.41, 5.74) is 3.24. The van der Waals surface area contributed by atoms with Gasteiger partial charge in [0.15, 0.2) is 5.13 Å². The molecule has 1 aromatic carbocycles. The van der Waals surface area contributed by atoms with E-state index in [0.29, 0.717) is 5.69 Å². The van der Waals surface area contributed by atoms with Gasteiger partial charge >= 0.3 is 11.9 Å². The van der Waals surface area contributed by atoms with Gasteiger partial charge in [0, 0.05) is 29.2 Å². The smallest absolute Gasteiger partial charge is 0.355 e. The van der Waals surface area contributed by atoms with Crippen LogP contribution in [0.5, 0.6) is 0 Å². The Bertz CT molecular complexity index is 1250. The first-order chi connectivity index (χ1) is 16.1. The summed E-state index contributed by atoms with van der Waals surface area (Å²) in [5.74, 6) is -1.29. The summed E-state index contributed by atoms with van der Waals surface area (Å²) in [4.78, 5) is 35.3. The number of carbonyl (C=O) groups is 2. The fourth-order valence-electron chi connectivity index (χ4n) is 3.16. The fraction of sp³-hybridized carbons (Fsp3) is 0.0833. The van der Waals surface area contributed by atoms with Gasteiger partial charge in [-0.05, 0) is 48.6 Å². The molecule has 0 unspecified atom stereocenters. The number of nitrogens with one attached hydrogen (secondary N) is 1. The van der Waals surface area contributed by atoms with E-state index in [2.05, 4.69) is 15.3 Å². The fourth-order valence-corrected chi connectivity index (χ4v) is 3.88. The Morgan fingerprint density at radius 2 is 1.76 bits per heavy atom. The molecule has 0 saturated carbocycles. The number of methoxy groups -OCH3 is 2. The maximum absolute atomic E-state index is 12.5. The Balaban J connectivity index is 1.59. The zero-order valence-electron chi connectivity index (χ0n) is 17.9. The van der Waals surface area contributed by atoms with Crippen LogP contribution in [0.1, 0.15) is 0 Å². The molecule has 0 amide bonds. The van der Waals surface area contributed by atoms with Crippen LogP contribution in [0.3, 0.4) is 0 Å². The van der Waals surface area contributed by atoms with Gasteiger partial charge in [-0.3, -0.25) is 4.98 Å². The number of anilines is 3. The van der Waals surface area contributed by atoms with Crippen molar-refractivity contribution in [2.45, 2.75) is 0 Å². The van der Waals surface area contributed by atoms with Crippen molar-refractivity contribution < 1.29 is 19.1 Å². The molecular formula is C24H20N4O4S. The van der Waals surface area contributed by atoms with Crippen molar-refractivity contribution in [3.63, 3.8) is 0 Å². The summed E-state index contributed by atoms with van der Waals surface area (Å²) in [6.45, 7) is 0. The van der Waals surface area contributed by atoms with Crippen LogP contribution in [-0.2, 0) is 19.1 Å². The SMILES string of the molecule is COC(=O)C1=C(C(=O)OC)N(c2ccc(Nc3nc(-c4ccccn4)cs3)cc2)C=CC=C1. The normalized spacial score (nSPS) is 13.0. The van der Waals surface area contributed by atoms with Gasteiger partial charge in [-0.15, -0.1) is 11.3 Å². The second kappa shape index (κ2) is 9.92. The molecule has 4 rings (SSSR count). The number of allylic oxidation sites excluding steroid dienone is 2. The highest BCUT2D eigenvalue weighted by Crippen LogP contribution is 2.30. The van der Waals surface area contributed by atoms with Crippen LogP contribution in [0.15, 0.2) is 89.7 Å². The van der Waals surface area contributed by atoms with Crippen LogP contribution in [0.2, 0.25) is 0 Å². The van der Waals surface area contributed by atoms with E-state index in [-0.39, 0.29) is 11.3 Å². The molecule has 0 radical (unpaired) electrons. The zero-order valence-corrected chi connectivity index (χ0v) is 18.7. The largest absolute Gasteiger partial charge is 0.465 e. The van der Waals surface area contributed by atoms with Crippen LogP contribution < -0.4 is 10.2 Å². The number of thiazole rings is 1. The van der Waals surface area contributed by atoms with E-state index in [0.717, 1.165) is 22.2 Å². The number of nitrogens with zero attached hydrogens (tertiary/aromatic N) is 3. The highest BCUT2D eigenvalue weighted by atomic mass is 32.1. The third-order valence-corrected chi connectivity index (χ3v) is 5.48. The molecular weight excluding hydrogens is 440 g/mol. The van der Waals surface area contributed by atoms with E-state index in [4.69, 9.17) is 9.47 Å². The molecule has 9 heteroatoms. The van der Waals surface area contributed by atoms with Gasteiger partial charge in [-0.2, -0.15) is 0 Å². The number of rotatable bonds is 6.